The molecule has 0 spiro atoms. The molecule has 0 bridgehead atoms. The fourth-order valence-electron chi connectivity index (χ4n) is 1.84. The number of amides is 1. The summed E-state index contributed by atoms with van der Waals surface area (Å²) in [6.45, 7) is 0.577. The number of nitrogen functional groups attached to an aromatic ring is 1. The van der Waals surface area contributed by atoms with Gasteiger partial charge in [-0.1, -0.05) is 18.2 Å². The molecule has 98 valence electrons. The van der Waals surface area contributed by atoms with Crippen LogP contribution in [0.15, 0.2) is 48.8 Å². The monoisotopic (exact) mass is 255 g/mol. The van der Waals surface area contributed by atoms with Crippen LogP contribution in [-0.4, -0.2) is 22.8 Å². The molecule has 0 unspecified atom stereocenters. The van der Waals surface area contributed by atoms with Crippen LogP contribution in [0.4, 0.5) is 5.69 Å². The summed E-state index contributed by atoms with van der Waals surface area (Å²) in [5, 5.41) is 0. The SMILES string of the molecule is CN(Cc1ccncc1)C(=O)Cc1ccccc1N. The fourth-order valence-corrected chi connectivity index (χ4v) is 1.84. The zero-order valence-electron chi connectivity index (χ0n) is 10.9. The molecule has 0 aliphatic rings. The maximum atomic E-state index is 12.1. The van der Waals surface area contributed by atoms with Crippen molar-refractivity contribution in [2.75, 3.05) is 12.8 Å². The minimum atomic E-state index is 0.0507. The van der Waals surface area contributed by atoms with Crippen LogP contribution in [0, 0.1) is 0 Å². The molecule has 1 amide bonds. The zero-order valence-corrected chi connectivity index (χ0v) is 10.9. The van der Waals surface area contributed by atoms with Crippen molar-refractivity contribution in [2.45, 2.75) is 13.0 Å². The molecule has 0 saturated carbocycles. The van der Waals surface area contributed by atoms with E-state index in [-0.39, 0.29) is 5.91 Å². The molecule has 2 N–H and O–H groups in total. The molecule has 4 nitrogen and oxygen atoms in total. The van der Waals surface area contributed by atoms with Crippen LogP contribution in [0.1, 0.15) is 11.1 Å². The van der Waals surface area contributed by atoms with Crippen molar-refractivity contribution in [3.8, 4) is 0 Å². The number of carbonyl (C=O) groups is 1. The van der Waals surface area contributed by atoms with E-state index in [1.54, 1.807) is 24.3 Å². The summed E-state index contributed by atoms with van der Waals surface area (Å²) in [7, 11) is 1.79. The highest BCUT2D eigenvalue weighted by molar-refractivity contribution is 5.80. The Balaban J connectivity index is 1.99. The van der Waals surface area contributed by atoms with Gasteiger partial charge in [-0.05, 0) is 29.3 Å². The Labute approximate surface area is 112 Å². The van der Waals surface area contributed by atoms with Crippen LogP contribution >= 0.6 is 0 Å². The van der Waals surface area contributed by atoms with Crippen molar-refractivity contribution in [1.29, 1.82) is 0 Å². The van der Waals surface area contributed by atoms with E-state index in [9.17, 15) is 4.79 Å². The van der Waals surface area contributed by atoms with Gasteiger partial charge in [-0.25, -0.2) is 0 Å². The first-order valence-electron chi connectivity index (χ1n) is 6.13. The number of anilines is 1. The van der Waals surface area contributed by atoms with E-state index in [2.05, 4.69) is 4.98 Å². The van der Waals surface area contributed by atoms with Gasteiger partial charge >= 0.3 is 0 Å². The van der Waals surface area contributed by atoms with Crippen LogP contribution in [0.5, 0.6) is 0 Å². The number of aromatic nitrogens is 1. The molecular weight excluding hydrogens is 238 g/mol. The molecule has 0 radical (unpaired) electrons. The second kappa shape index (κ2) is 6.00. The molecule has 0 fully saturated rings. The number of pyridine rings is 1. The second-order valence-electron chi connectivity index (χ2n) is 4.48. The minimum Gasteiger partial charge on any atom is -0.398 e. The lowest BCUT2D eigenvalue weighted by Gasteiger charge is -2.17. The lowest BCUT2D eigenvalue weighted by atomic mass is 10.1. The van der Waals surface area contributed by atoms with Gasteiger partial charge in [-0.3, -0.25) is 9.78 Å². The summed E-state index contributed by atoms with van der Waals surface area (Å²) in [6, 6.07) is 11.3. The van der Waals surface area contributed by atoms with Crippen LogP contribution in [-0.2, 0) is 17.8 Å². The highest BCUT2D eigenvalue weighted by Crippen LogP contribution is 2.12. The Hall–Kier alpha value is -2.36. The summed E-state index contributed by atoms with van der Waals surface area (Å²) in [5.41, 5.74) is 8.43. The van der Waals surface area contributed by atoms with Gasteiger partial charge in [-0.15, -0.1) is 0 Å². The molecule has 1 heterocycles. The molecule has 2 rings (SSSR count). The number of nitrogens with two attached hydrogens (primary N) is 1. The zero-order chi connectivity index (χ0) is 13.7. The Morgan fingerprint density at radius 1 is 1.21 bits per heavy atom. The van der Waals surface area contributed by atoms with Crippen molar-refractivity contribution >= 4 is 11.6 Å². The molecule has 1 aromatic heterocycles. The summed E-state index contributed by atoms with van der Waals surface area (Å²) in [5.74, 6) is 0.0507. The minimum absolute atomic E-state index is 0.0507. The van der Waals surface area contributed by atoms with Crippen molar-refractivity contribution in [1.82, 2.24) is 9.88 Å². The Morgan fingerprint density at radius 3 is 2.58 bits per heavy atom. The first kappa shape index (κ1) is 13.1. The fraction of sp³-hybridized carbons (Fsp3) is 0.200. The number of para-hydroxylation sites is 1. The average molecular weight is 255 g/mol. The van der Waals surface area contributed by atoms with Crippen molar-refractivity contribution < 1.29 is 4.79 Å². The summed E-state index contributed by atoms with van der Waals surface area (Å²) in [6.07, 6.45) is 3.78. The quantitative estimate of drug-likeness (QED) is 0.848. The third-order valence-corrected chi connectivity index (χ3v) is 2.99. The van der Waals surface area contributed by atoms with Gasteiger partial charge in [0.2, 0.25) is 5.91 Å². The Morgan fingerprint density at radius 2 is 1.89 bits per heavy atom. The Kier molecular flexibility index (Phi) is 4.13. The van der Waals surface area contributed by atoms with E-state index >= 15 is 0 Å². The number of benzene rings is 1. The first-order chi connectivity index (χ1) is 9.16. The highest BCUT2D eigenvalue weighted by Gasteiger charge is 2.11. The highest BCUT2D eigenvalue weighted by atomic mass is 16.2. The maximum absolute atomic E-state index is 12.1. The van der Waals surface area contributed by atoms with Gasteiger partial charge < -0.3 is 10.6 Å². The van der Waals surface area contributed by atoms with Gasteiger partial charge in [0, 0.05) is 31.7 Å². The lowest BCUT2D eigenvalue weighted by Crippen LogP contribution is -2.27. The number of carbonyl (C=O) groups excluding carboxylic acids is 1. The number of nitrogens with zero attached hydrogens (tertiary/aromatic N) is 2. The van der Waals surface area contributed by atoms with Crippen LogP contribution in [0.2, 0.25) is 0 Å². The maximum Gasteiger partial charge on any atom is 0.227 e. The number of hydrogen-bond donors (Lipinski definition) is 1. The summed E-state index contributed by atoms with van der Waals surface area (Å²) >= 11 is 0. The van der Waals surface area contributed by atoms with Crippen molar-refractivity contribution in [3.63, 3.8) is 0 Å². The molecule has 0 atom stereocenters. The molecule has 4 heteroatoms. The molecule has 19 heavy (non-hydrogen) atoms. The predicted octanol–water partition coefficient (Wildman–Crippen LogP) is 1.86. The van der Waals surface area contributed by atoms with E-state index in [4.69, 9.17) is 5.73 Å². The first-order valence-corrected chi connectivity index (χ1v) is 6.13. The van der Waals surface area contributed by atoms with E-state index < -0.39 is 0 Å². The van der Waals surface area contributed by atoms with E-state index in [0.29, 0.717) is 18.7 Å². The molecule has 0 saturated heterocycles. The third kappa shape index (κ3) is 3.55. The standard InChI is InChI=1S/C15H17N3O/c1-18(11-12-6-8-17-9-7-12)15(19)10-13-4-2-3-5-14(13)16/h2-9H,10-11,16H2,1H3. The number of likely N-dealkylation sites (N-methyl/N-ethyl adjacent to an activating group) is 1. The molecule has 0 aliphatic heterocycles. The molecular formula is C15H17N3O. The van der Waals surface area contributed by atoms with Gasteiger partial charge in [-0.2, -0.15) is 0 Å². The van der Waals surface area contributed by atoms with Gasteiger partial charge in [0.15, 0.2) is 0 Å². The van der Waals surface area contributed by atoms with Crippen LogP contribution < -0.4 is 5.73 Å². The second-order valence-corrected chi connectivity index (χ2v) is 4.48. The number of hydrogen-bond acceptors (Lipinski definition) is 3. The number of rotatable bonds is 4. The molecule has 1 aromatic carbocycles. The third-order valence-electron chi connectivity index (χ3n) is 2.99. The van der Waals surface area contributed by atoms with Crippen molar-refractivity contribution in [3.05, 3.63) is 59.9 Å². The van der Waals surface area contributed by atoms with E-state index in [1.807, 2.05) is 36.4 Å². The Bertz CT molecular complexity index is 554. The van der Waals surface area contributed by atoms with Gasteiger partial charge in [0.25, 0.3) is 0 Å². The smallest absolute Gasteiger partial charge is 0.227 e. The van der Waals surface area contributed by atoms with E-state index in [1.165, 1.54) is 0 Å². The van der Waals surface area contributed by atoms with Crippen molar-refractivity contribution in [2.24, 2.45) is 0 Å². The van der Waals surface area contributed by atoms with Gasteiger partial charge in [0.05, 0.1) is 6.42 Å². The topological polar surface area (TPSA) is 59.2 Å². The summed E-state index contributed by atoms with van der Waals surface area (Å²) in [4.78, 5) is 17.8. The van der Waals surface area contributed by atoms with Gasteiger partial charge in [0.1, 0.15) is 0 Å². The van der Waals surface area contributed by atoms with Crippen LogP contribution in [0.25, 0.3) is 0 Å². The molecule has 0 aliphatic carbocycles. The van der Waals surface area contributed by atoms with E-state index in [0.717, 1.165) is 11.1 Å². The molecule has 2 aromatic rings. The average Bonchev–Trinajstić information content (AvgIpc) is 2.42. The summed E-state index contributed by atoms with van der Waals surface area (Å²) < 4.78 is 0. The largest absolute Gasteiger partial charge is 0.398 e. The lowest BCUT2D eigenvalue weighted by molar-refractivity contribution is -0.129. The van der Waals surface area contributed by atoms with Crippen LogP contribution in [0.3, 0.4) is 0 Å². The predicted molar refractivity (Wildman–Crippen MR) is 75.3 cm³/mol. The normalized spacial score (nSPS) is 10.2.